The van der Waals surface area contributed by atoms with Crippen molar-refractivity contribution in [3.63, 3.8) is 0 Å². The quantitative estimate of drug-likeness (QED) is 0.704. The van der Waals surface area contributed by atoms with Gasteiger partial charge in [0.2, 0.25) is 0 Å². The van der Waals surface area contributed by atoms with E-state index in [1.165, 1.54) is 25.4 Å². The normalized spacial score (nSPS) is 14.9. The van der Waals surface area contributed by atoms with Gasteiger partial charge < -0.3 is 9.64 Å². The Hall–Kier alpha value is -1.91. The number of carbonyl (C=O) groups is 1. The maximum Gasteiger partial charge on any atom is 0.335 e. The molecule has 0 fully saturated rings. The molecule has 0 N–H and O–H groups in total. The van der Waals surface area contributed by atoms with Gasteiger partial charge in [0, 0.05) is 18.8 Å². The lowest BCUT2D eigenvalue weighted by atomic mass is 10.3. The highest BCUT2D eigenvalue weighted by Crippen LogP contribution is 2.18. The molecule has 2 rings (SSSR count). The zero-order valence-corrected chi connectivity index (χ0v) is 8.81. The third-order valence-corrected chi connectivity index (χ3v) is 2.40. The predicted octanol–water partition coefficient (Wildman–Crippen LogP) is 1.14. The third-order valence-electron chi connectivity index (χ3n) is 2.40. The summed E-state index contributed by atoms with van der Waals surface area (Å²) in [6.07, 6.45) is 3.17. The number of methoxy groups -OCH3 is 1. The first kappa shape index (κ1) is 10.6. The number of ether oxygens (including phenoxy) is 1. The van der Waals surface area contributed by atoms with Crippen LogP contribution in [-0.4, -0.2) is 31.2 Å². The van der Waals surface area contributed by atoms with Crippen molar-refractivity contribution in [2.24, 2.45) is 0 Å². The lowest BCUT2D eigenvalue weighted by Crippen LogP contribution is -2.22. The van der Waals surface area contributed by atoms with Gasteiger partial charge in [0.1, 0.15) is 11.6 Å². The number of anilines is 1. The zero-order valence-electron chi connectivity index (χ0n) is 8.81. The summed E-state index contributed by atoms with van der Waals surface area (Å²) in [4.78, 5) is 17.1. The number of nitrogens with zero attached hydrogens (tertiary/aromatic N) is 2. The second kappa shape index (κ2) is 4.30. The van der Waals surface area contributed by atoms with Crippen molar-refractivity contribution in [3.8, 4) is 0 Å². The van der Waals surface area contributed by atoms with Gasteiger partial charge in [-0.1, -0.05) is 6.08 Å². The lowest BCUT2D eigenvalue weighted by Gasteiger charge is -2.16. The van der Waals surface area contributed by atoms with Gasteiger partial charge >= 0.3 is 5.97 Å². The van der Waals surface area contributed by atoms with Gasteiger partial charge in [-0.15, -0.1) is 0 Å². The maximum atomic E-state index is 13.0. The number of hydrogen-bond donors (Lipinski definition) is 0. The predicted molar refractivity (Wildman–Crippen MR) is 56.5 cm³/mol. The molecule has 0 amide bonds. The van der Waals surface area contributed by atoms with Gasteiger partial charge in [-0.2, -0.15) is 0 Å². The van der Waals surface area contributed by atoms with Crippen LogP contribution in [0.25, 0.3) is 0 Å². The molecule has 0 saturated carbocycles. The zero-order chi connectivity index (χ0) is 11.5. The summed E-state index contributed by atoms with van der Waals surface area (Å²) in [5, 5.41) is 0. The molecule has 0 aliphatic carbocycles. The Labute approximate surface area is 92.3 Å². The second-order valence-electron chi connectivity index (χ2n) is 3.43. The average Bonchev–Trinajstić information content (AvgIpc) is 2.77. The molecule has 0 unspecified atom stereocenters. The molecule has 0 radical (unpaired) electrons. The van der Waals surface area contributed by atoms with Crippen LogP contribution in [0.2, 0.25) is 0 Å². The van der Waals surface area contributed by atoms with Crippen LogP contribution in [0.4, 0.5) is 10.2 Å². The summed E-state index contributed by atoms with van der Waals surface area (Å²) >= 11 is 0. The first-order valence-electron chi connectivity index (χ1n) is 4.84. The first-order chi connectivity index (χ1) is 7.70. The molecule has 1 aliphatic rings. The Morgan fingerprint density at radius 3 is 3.12 bits per heavy atom. The minimum atomic E-state index is -0.348. The number of esters is 1. The molecular formula is C11H11FN2O2. The van der Waals surface area contributed by atoms with Crippen LogP contribution in [0.1, 0.15) is 0 Å². The molecule has 1 aromatic rings. The summed E-state index contributed by atoms with van der Waals surface area (Å²) in [7, 11) is 1.34. The van der Waals surface area contributed by atoms with Crippen molar-refractivity contribution in [1.82, 2.24) is 4.98 Å². The van der Waals surface area contributed by atoms with Crippen molar-refractivity contribution in [2.45, 2.75) is 0 Å². The van der Waals surface area contributed by atoms with E-state index in [9.17, 15) is 9.18 Å². The van der Waals surface area contributed by atoms with Gasteiger partial charge in [0.15, 0.2) is 0 Å². The Bertz CT molecular complexity index is 445. The van der Waals surface area contributed by atoms with Crippen LogP contribution in [0.15, 0.2) is 30.0 Å². The summed E-state index contributed by atoms with van der Waals surface area (Å²) in [5.41, 5.74) is 0.577. The van der Waals surface area contributed by atoms with E-state index >= 15 is 0 Å². The number of carbonyl (C=O) groups excluding carboxylic acids is 1. The molecule has 1 aromatic heterocycles. The second-order valence-corrected chi connectivity index (χ2v) is 3.43. The van der Waals surface area contributed by atoms with Gasteiger partial charge in [0.05, 0.1) is 19.2 Å². The van der Waals surface area contributed by atoms with Gasteiger partial charge in [0.25, 0.3) is 0 Å². The van der Waals surface area contributed by atoms with E-state index in [4.69, 9.17) is 0 Å². The molecule has 0 spiro atoms. The minimum absolute atomic E-state index is 0.337. The van der Waals surface area contributed by atoms with Gasteiger partial charge in [-0.05, 0) is 6.07 Å². The first-order valence-corrected chi connectivity index (χ1v) is 4.84. The number of pyridine rings is 1. The van der Waals surface area contributed by atoms with Crippen LogP contribution in [0.3, 0.4) is 0 Å². The highest BCUT2D eigenvalue weighted by atomic mass is 19.1. The summed E-state index contributed by atoms with van der Waals surface area (Å²) in [5.74, 6) is -0.162. The molecule has 0 atom stereocenters. The highest BCUT2D eigenvalue weighted by molar-refractivity contribution is 5.90. The number of hydrogen-bond acceptors (Lipinski definition) is 4. The summed E-state index contributed by atoms with van der Waals surface area (Å²) < 4.78 is 17.6. The van der Waals surface area contributed by atoms with E-state index in [1.54, 1.807) is 11.0 Å². The van der Waals surface area contributed by atoms with Gasteiger partial charge in [-0.3, -0.25) is 0 Å². The lowest BCUT2D eigenvalue weighted by molar-refractivity contribution is -0.136. The van der Waals surface area contributed by atoms with Crippen LogP contribution in [0, 0.1) is 5.82 Å². The van der Waals surface area contributed by atoms with Crippen molar-refractivity contribution in [3.05, 3.63) is 35.8 Å². The van der Waals surface area contributed by atoms with Crippen molar-refractivity contribution in [2.75, 3.05) is 25.1 Å². The SMILES string of the molecule is COC(=O)C1=CCN(c2cc(F)ccn2)C1. The van der Waals surface area contributed by atoms with Crippen LogP contribution >= 0.6 is 0 Å². The van der Waals surface area contributed by atoms with Crippen molar-refractivity contribution < 1.29 is 13.9 Å². The van der Waals surface area contributed by atoms with E-state index in [-0.39, 0.29) is 11.8 Å². The largest absolute Gasteiger partial charge is 0.466 e. The molecular weight excluding hydrogens is 211 g/mol. The minimum Gasteiger partial charge on any atom is -0.466 e. The smallest absolute Gasteiger partial charge is 0.335 e. The number of halogens is 1. The highest BCUT2D eigenvalue weighted by Gasteiger charge is 2.21. The number of rotatable bonds is 2. The van der Waals surface area contributed by atoms with Crippen molar-refractivity contribution >= 4 is 11.8 Å². The third kappa shape index (κ3) is 2.03. The van der Waals surface area contributed by atoms with E-state index in [0.717, 1.165) is 0 Å². The molecule has 2 heterocycles. The Morgan fingerprint density at radius 1 is 1.62 bits per heavy atom. The van der Waals surface area contributed by atoms with Crippen LogP contribution in [-0.2, 0) is 9.53 Å². The summed E-state index contributed by atoms with van der Waals surface area (Å²) in [6.45, 7) is 0.948. The molecule has 16 heavy (non-hydrogen) atoms. The molecule has 0 bridgehead atoms. The Balaban J connectivity index is 2.09. The van der Waals surface area contributed by atoms with Gasteiger partial charge in [-0.25, -0.2) is 14.2 Å². The van der Waals surface area contributed by atoms with Crippen molar-refractivity contribution in [1.29, 1.82) is 0 Å². The van der Waals surface area contributed by atoms with E-state index in [0.29, 0.717) is 24.5 Å². The topological polar surface area (TPSA) is 42.4 Å². The maximum absolute atomic E-state index is 13.0. The average molecular weight is 222 g/mol. The Kier molecular flexibility index (Phi) is 2.85. The fourth-order valence-corrected chi connectivity index (χ4v) is 1.58. The molecule has 5 heteroatoms. The van der Waals surface area contributed by atoms with Crippen LogP contribution < -0.4 is 4.90 Å². The fourth-order valence-electron chi connectivity index (χ4n) is 1.58. The summed E-state index contributed by atoms with van der Waals surface area (Å²) in [6, 6.07) is 2.63. The van der Waals surface area contributed by atoms with Crippen LogP contribution in [0.5, 0.6) is 0 Å². The monoisotopic (exact) mass is 222 g/mol. The Morgan fingerprint density at radius 2 is 2.44 bits per heavy atom. The van der Waals surface area contributed by atoms with E-state index in [1.807, 2.05) is 0 Å². The fraction of sp³-hybridized carbons (Fsp3) is 0.273. The van der Waals surface area contributed by atoms with E-state index < -0.39 is 0 Å². The molecule has 1 aliphatic heterocycles. The molecule has 84 valence electrons. The molecule has 0 saturated heterocycles. The molecule has 4 nitrogen and oxygen atoms in total. The molecule has 0 aromatic carbocycles. The van der Waals surface area contributed by atoms with E-state index in [2.05, 4.69) is 9.72 Å². The standard InChI is InChI=1S/C11H11FN2O2/c1-16-11(15)8-3-5-14(7-8)10-6-9(12)2-4-13-10/h2-4,6H,5,7H2,1H3. The number of aromatic nitrogens is 1.